The summed E-state index contributed by atoms with van der Waals surface area (Å²) < 4.78 is 20.6. The SMILES string of the molecule is NCC(Cc1ccc(OCCc2c(Cl)cccc2Cl)cc1)C(=O)N1c2ccccc2CCC1F. The van der Waals surface area contributed by atoms with Crippen molar-refractivity contribution in [3.05, 3.63) is 93.5 Å². The lowest BCUT2D eigenvalue weighted by Gasteiger charge is -2.34. The Labute approximate surface area is 209 Å². The molecule has 2 unspecified atom stereocenters. The van der Waals surface area contributed by atoms with Crippen LogP contribution in [-0.2, 0) is 24.1 Å². The number of para-hydroxylation sites is 1. The molecule has 1 amide bonds. The van der Waals surface area contributed by atoms with Crippen LogP contribution in [0, 0.1) is 5.92 Å². The summed E-state index contributed by atoms with van der Waals surface area (Å²) in [6.45, 7) is 0.569. The second-order valence-corrected chi connectivity index (χ2v) is 9.20. The summed E-state index contributed by atoms with van der Waals surface area (Å²) in [5, 5.41) is 1.24. The number of rotatable bonds is 8. The molecule has 3 aromatic rings. The van der Waals surface area contributed by atoms with Crippen molar-refractivity contribution in [3.8, 4) is 5.75 Å². The Morgan fingerprint density at radius 2 is 1.76 bits per heavy atom. The molecule has 4 rings (SSSR count). The highest BCUT2D eigenvalue weighted by atomic mass is 35.5. The highest BCUT2D eigenvalue weighted by molar-refractivity contribution is 6.36. The van der Waals surface area contributed by atoms with Crippen molar-refractivity contribution < 1.29 is 13.9 Å². The third-order valence-electron chi connectivity index (χ3n) is 6.14. The molecule has 0 saturated carbocycles. The second-order valence-electron chi connectivity index (χ2n) is 8.39. The average molecular weight is 501 g/mol. The molecule has 0 fully saturated rings. The quantitative estimate of drug-likeness (QED) is 0.385. The Morgan fingerprint density at radius 3 is 2.47 bits per heavy atom. The number of hydrogen-bond donors (Lipinski definition) is 1. The van der Waals surface area contributed by atoms with Gasteiger partial charge in [0, 0.05) is 35.1 Å². The fraction of sp³-hybridized carbons (Fsp3) is 0.296. The van der Waals surface area contributed by atoms with Gasteiger partial charge >= 0.3 is 0 Å². The first-order valence-electron chi connectivity index (χ1n) is 11.4. The van der Waals surface area contributed by atoms with Crippen molar-refractivity contribution in [1.29, 1.82) is 0 Å². The molecule has 0 bridgehead atoms. The van der Waals surface area contributed by atoms with Crippen LogP contribution in [0.3, 0.4) is 0 Å². The van der Waals surface area contributed by atoms with Gasteiger partial charge in [0.25, 0.3) is 0 Å². The fourth-order valence-corrected chi connectivity index (χ4v) is 4.87. The molecular formula is C27H27Cl2FN2O2. The lowest BCUT2D eigenvalue weighted by molar-refractivity contribution is -0.123. The fourth-order valence-electron chi connectivity index (χ4n) is 4.29. The Balaban J connectivity index is 1.38. The largest absolute Gasteiger partial charge is 0.493 e. The number of hydrogen-bond acceptors (Lipinski definition) is 3. The summed E-state index contributed by atoms with van der Waals surface area (Å²) in [6, 6.07) is 20.4. The Kier molecular flexibility index (Phi) is 8.09. The predicted molar refractivity (Wildman–Crippen MR) is 135 cm³/mol. The van der Waals surface area contributed by atoms with Gasteiger partial charge in [-0.05, 0) is 59.9 Å². The maximum atomic E-state index is 14.8. The van der Waals surface area contributed by atoms with E-state index in [1.165, 1.54) is 4.90 Å². The Hall–Kier alpha value is -2.60. The van der Waals surface area contributed by atoms with Crippen molar-refractivity contribution in [3.63, 3.8) is 0 Å². The summed E-state index contributed by atoms with van der Waals surface area (Å²) in [5.74, 6) is -0.0889. The number of benzene rings is 3. The second kappa shape index (κ2) is 11.2. The minimum atomic E-state index is -1.33. The van der Waals surface area contributed by atoms with E-state index in [-0.39, 0.29) is 12.5 Å². The first kappa shape index (κ1) is 24.5. The van der Waals surface area contributed by atoms with Crippen molar-refractivity contribution in [2.75, 3.05) is 18.1 Å². The van der Waals surface area contributed by atoms with E-state index in [4.69, 9.17) is 33.7 Å². The van der Waals surface area contributed by atoms with E-state index in [1.807, 2.05) is 48.5 Å². The molecule has 3 aromatic carbocycles. The molecule has 7 heteroatoms. The minimum Gasteiger partial charge on any atom is -0.493 e. The van der Waals surface area contributed by atoms with Gasteiger partial charge in [0.15, 0.2) is 6.30 Å². The van der Waals surface area contributed by atoms with Crippen LogP contribution in [0.1, 0.15) is 23.1 Å². The van der Waals surface area contributed by atoms with Crippen LogP contribution in [0.2, 0.25) is 10.0 Å². The minimum absolute atomic E-state index is 0.140. The molecule has 4 nitrogen and oxygen atoms in total. The molecule has 0 aromatic heterocycles. The van der Waals surface area contributed by atoms with Crippen molar-refractivity contribution in [1.82, 2.24) is 0 Å². The number of alkyl halides is 1. The number of ether oxygens (including phenoxy) is 1. The van der Waals surface area contributed by atoms with Gasteiger partial charge in [0.2, 0.25) is 5.91 Å². The molecular weight excluding hydrogens is 474 g/mol. The third-order valence-corrected chi connectivity index (χ3v) is 6.85. The van der Waals surface area contributed by atoms with E-state index in [0.717, 1.165) is 16.7 Å². The van der Waals surface area contributed by atoms with E-state index in [1.54, 1.807) is 18.2 Å². The van der Waals surface area contributed by atoms with Gasteiger partial charge in [-0.3, -0.25) is 9.69 Å². The predicted octanol–water partition coefficient (Wildman–Crippen LogP) is 6.01. The van der Waals surface area contributed by atoms with Gasteiger partial charge in [-0.25, -0.2) is 4.39 Å². The van der Waals surface area contributed by atoms with Crippen molar-refractivity contribution in [2.45, 2.75) is 32.0 Å². The zero-order valence-electron chi connectivity index (χ0n) is 18.7. The van der Waals surface area contributed by atoms with E-state index >= 15 is 0 Å². The molecule has 34 heavy (non-hydrogen) atoms. The number of amides is 1. The van der Waals surface area contributed by atoms with Crippen LogP contribution >= 0.6 is 23.2 Å². The van der Waals surface area contributed by atoms with Crippen LogP contribution in [0.5, 0.6) is 5.75 Å². The number of halogens is 3. The molecule has 1 aliphatic heterocycles. The number of nitrogens with zero attached hydrogens (tertiary/aromatic N) is 1. The number of aryl methyl sites for hydroxylation is 1. The van der Waals surface area contributed by atoms with Gasteiger partial charge in [0.05, 0.1) is 12.5 Å². The molecule has 1 heterocycles. The van der Waals surface area contributed by atoms with E-state index < -0.39 is 12.2 Å². The van der Waals surface area contributed by atoms with E-state index in [9.17, 15) is 9.18 Å². The molecule has 0 spiro atoms. The summed E-state index contributed by atoms with van der Waals surface area (Å²) in [7, 11) is 0. The van der Waals surface area contributed by atoms with Crippen LogP contribution in [-0.4, -0.2) is 25.4 Å². The van der Waals surface area contributed by atoms with Crippen LogP contribution < -0.4 is 15.4 Å². The number of anilines is 1. The topological polar surface area (TPSA) is 55.6 Å². The lowest BCUT2D eigenvalue weighted by Crippen LogP contribution is -2.46. The Bertz CT molecular complexity index is 1120. The summed E-state index contributed by atoms with van der Waals surface area (Å²) >= 11 is 12.4. The molecule has 0 aliphatic carbocycles. The number of fused-ring (bicyclic) bond motifs is 1. The van der Waals surface area contributed by atoms with Crippen LogP contribution in [0.25, 0.3) is 0 Å². The Morgan fingerprint density at radius 1 is 1.06 bits per heavy atom. The summed E-state index contributed by atoms with van der Waals surface area (Å²) in [4.78, 5) is 14.5. The van der Waals surface area contributed by atoms with Gasteiger partial charge in [-0.2, -0.15) is 0 Å². The average Bonchev–Trinajstić information content (AvgIpc) is 2.85. The normalized spacial score (nSPS) is 16.1. The van der Waals surface area contributed by atoms with Crippen molar-refractivity contribution in [2.24, 2.45) is 11.7 Å². The molecule has 2 N–H and O–H groups in total. The van der Waals surface area contributed by atoms with Crippen LogP contribution in [0.15, 0.2) is 66.7 Å². The molecule has 178 valence electrons. The van der Waals surface area contributed by atoms with Gasteiger partial charge in [-0.1, -0.05) is 59.6 Å². The third kappa shape index (κ3) is 5.54. The van der Waals surface area contributed by atoms with Crippen molar-refractivity contribution >= 4 is 34.8 Å². The van der Waals surface area contributed by atoms with Gasteiger partial charge < -0.3 is 10.5 Å². The maximum absolute atomic E-state index is 14.8. The monoisotopic (exact) mass is 500 g/mol. The maximum Gasteiger partial charge on any atom is 0.234 e. The van der Waals surface area contributed by atoms with E-state index in [2.05, 4.69) is 0 Å². The summed E-state index contributed by atoms with van der Waals surface area (Å²) in [5.41, 5.74) is 9.38. The summed E-state index contributed by atoms with van der Waals surface area (Å²) in [6.07, 6.45) is 0.602. The number of carbonyl (C=O) groups excluding carboxylic acids is 1. The number of carbonyl (C=O) groups is 1. The zero-order valence-corrected chi connectivity index (χ0v) is 20.2. The first-order valence-corrected chi connectivity index (χ1v) is 12.1. The smallest absolute Gasteiger partial charge is 0.234 e. The van der Waals surface area contributed by atoms with Crippen LogP contribution in [0.4, 0.5) is 10.1 Å². The standard InChI is InChI=1S/C27H27Cl2FN2O2/c28-23-5-3-6-24(29)22(23)14-15-34-21-11-8-18(9-12-21)16-20(17-31)27(33)32-25-7-2-1-4-19(25)10-13-26(32)30/h1-9,11-12,20,26H,10,13-17,31H2. The highest BCUT2D eigenvalue weighted by Crippen LogP contribution is 2.33. The molecule has 2 atom stereocenters. The lowest BCUT2D eigenvalue weighted by atomic mass is 9.94. The van der Waals surface area contributed by atoms with Gasteiger partial charge in [0.1, 0.15) is 5.75 Å². The van der Waals surface area contributed by atoms with Gasteiger partial charge in [-0.15, -0.1) is 0 Å². The first-order chi connectivity index (χ1) is 16.5. The van der Waals surface area contributed by atoms with E-state index in [0.29, 0.717) is 53.8 Å². The highest BCUT2D eigenvalue weighted by Gasteiger charge is 2.34. The molecule has 0 radical (unpaired) electrons. The zero-order chi connectivity index (χ0) is 24.1. The molecule has 0 saturated heterocycles. The molecule has 1 aliphatic rings. The number of nitrogens with two attached hydrogens (primary N) is 1.